The fourth-order valence-corrected chi connectivity index (χ4v) is 3.10. The van der Waals surface area contributed by atoms with Gasteiger partial charge in [0.15, 0.2) is 0 Å². The third-order valence-corrected chi connectivity index (χ3v) is 4.58. The first-order valence-electron chi connectivity index (χ1n) is 7.94. The van der Waals surface area contributed by atoms with E-state index >= 15 is 0 Å². The van der Waals surface area contributed by atoms with Gasteiger partial charge >= 0.3 is 0 Å². The number of nitrogens with zero attached hydrogens (tertiary/aromatic N) is 1. The Balaban J connectivity index is 1.62. The van der Waals surface area contributed by atoms with E-state index in [4.69, 9.17) is 16.0 Å². The number of halogens is 1. The first kappa shape index (κ1) is 16.1. The number of rotatable bonds is 7. The Bertz CT molecular complexity index is 653. The quantitative estimate of drug-likeness (QED) is 0.839. The summed E-state index contributed by atoms with van der Waals surface area (Å²) in [5, 5.41) is 3.66. The number of amides is 1. The summed E-state index contributed by atoms with van der Waals surface area (Å²) >= 11 is 6.31. The average molecular weight is 333 g/mol. The van der Waals surface area contributed by atoms with Gasteiger partial charge in [0, 0.05) is 17.1 Å². The number of carbonyl (C=O) groups excluding carboxylic acids is 1. The Morgan fingerprint density at radius 3 is 2.78 bits per heavy atom. The van der Waals surface area contributed by atoms with Crippen molar-refractivity contribution < 1.29 is 9.21 Å². The summed E-state index contributed by atoms with van der Waals surface area (Å²) < 4.78 is 5.24. The van der Waals surface area contributed by atoms with Crippen molar-refractivity contribution >= 4 is 17.5 Å². The molecule has 1 aromatic carbocycles. The third kappa shape index (κ3) is 4.15. The molecule has 1 N–H and O–H groups in total. The Morgan fingerprint density at radius 2 is 2.13 bits per heavy atom. The molecule has 122 valence electrons. The molecule has 1 heterocycles. The maximum atomic E-state index is 12.3. The highest BCUT2D eigenvalue weighted by Crippen LogP contribution is 2.36. The van der Waals surface area contributed by atoms with Gasteiger partial charge < -0.3 is 9.73 Å². The van der Waals surface area contributed by atoms with Crippen LogP contribution in [0.1, 0.15) is 37.1 Å². The molecule has 2 aromatic rings. The highest BCUT2D eigenvalue weighted by Gasteiger charge is 2.34. The molecule has 1 fully saturated rings. The average Bonchev–Trinajstić information content (AvgIpc) is 3.25. The van der Waals surface area contributed by atoms with Gasteiger partial charge in [-0.2, -0.15) is 0 Å². The summed E-state index contributed by atoms with van der Waals surface area (Å²) in [5.74, 6) is 0.766. The second-order valence-corrected chi connectivity index (χ2v) is 6.36. The van der Waals surface area contributed by atoms with Gasteiger partial charge in [-0.3, -0.25) is 9.69 Å². The lowest BCUT2D eigenvalue weighted by molar-refractivity contribution is -0.123. The Hall–Kier alpha value is -1.78. The van der Waals surface area contributed by atoms with E-state index in [0.717, 1.165) is 29.2 Å². The number of hydrogen-bond acceptors (Lipinski definition) is 3. The SMILES string of the molecule is CC(c1ccccc1Cl)N(CC(=O)NCc1ccco1)C1CC1. The molecule has 0 spiro atoms. The van der Waals surface area contributed by atoms with Crippen LogP contribution in [0.15, 0.2) is 47.1 Å². The molecular weight excluding hydrogens is 312 g/mol. The van der Waals surface area contributed by atoms with Crippen LogP contribution in [-0.2, 0) is 11.3 Å². The summed E-state index contributed by atoms with van der Waals surface area (Å²) in [4.78, 5) is 14.5. The molecule has 1 saturated carbocycles. The van der Waals surface area contributed by atoms with Gasteiger partial charge in [-0.15, -0.1) is 0 Å². The van der Waals surface area contributed by atoms with Crippen molar-refractivity contribution in [1.82, 2.24) is 10.2 Å². The van der Waals surface area contributed by atoms with E-state index in [0.29, 0.717) is 19.1 Å². The van der Waals surface area contributed by atoms with Gasteiger partial charge in [-0.25, -0.2) is 0 Å². The van der Waals surface area contributed by atoms with Crippen molar-refractivity contribution in [3.63, 3.8) is 0 Å². The van der Waals surface area contributed by atoms with Crippen LogP contribution in [0.25, 0.3) is 0 Å². The van der Waals surface area contributed by atoms with Gasteiger partial charge in [-0.05, 0) is 43.5 Å². The molecule has 1 aromatic heterocycles. The first-order valence-corrected chi connectivity index (χ1v) is 8.32. The van der Waals surface area contributed by atoms with Crippen LogP contribution < -0.4 is 5.32 Å². The van der Waals surface area contributed by atoms with Gasteiger partial charge in [0.2, 0.25) is 5.91 Å². The first-order chi connectivity index (χ1) is 11.1. The third-order valence-electron chi connectivity index (χ3n) is 4.23. The molecular formula is C18H21ClN2O2. The lowest BCUT2D eigenvalue weighted by Gasteiger charge is -2.29. The lowest BCUT2D eigenvalue weighted by atomic mass is 10.1. The fourth-order valence-electron chi connectivity index (χ4n) is 2.80. The summed E-state index contributed by atoms with van der Waals surface area (Å²) in [6.45, 7) is 2.90. The molecule has 23 heavy (non-hydrogen) atoms. The van der Waals surface area contributed by atoms with Crippen molar-refractivity contribution in [2.24, 2.45) is 0 Å². The van der Waals surface area contributed by atoms with Crippen LogP contribution in [0.5, 0.6) is 0 Å². The Morgan fingerprint density at radius 1 is 1.35 bits per heavy atom. The van der Waals surface area contributed by atoms with Crippen molar-refractivity contribution in [3.05, 3.63) is 59.0 Å². The van der Waals surface area contributed by atoms with E-state index in [1.54, 1.807) is 6.26 Å². The molecule has 0 radical (unpaired) electrons. The smallest absolute Gasteiger partial charge is 0.234 e. The van der Waals surface area contributed by atoms with Crippen LogP contribution >= 0.6 is 11.6 Å². The summed E-state index contributed by atoms with van der Waals surface area (Å²) in [6.07, 6.45) is 3.89. The second-order valence-electron chi connectivity index (χ2n) is 5.96. The Kier molecular flexibility index (Phi) is 5.03. The van der Waals surface area contributed by atoms with Gasteiger partial charge in [0.1, 0.15) is 5.76 Å². The zero-order valence-corrected chi connectivity index (χ0v) is 13.9. The molecule has 1 aliphatic carbocycles. The fraction of sp³-hybridized carbons (Fsp3) is 0.389. The maximum absolute atomic E-state index is 12.3. The van der Waals surface area contributed by atoms with Crippen molar-refractivity contribution in [1.29, 1.82) is 0 Å². The number of hydrogen-bond donors (Lipinski definition) is 1. The predicted octanol–water partition coefficient (Wildman–Crippen LogP) is 3.77. The standard InChI is InChI=1S/C18H21ClN2O2/c1-13(16-6-2-3-7-17(16)19)21(14-8-9-14)12-18(22)20-11-15-5-4-10-23-15/h2-7,10,13-14H,8-9,11-12H2,1H3,(H,20,22). The summed E-state index contributed by atoms with van der Waals surface area (Å²) in [5.41, 5.74) is 1.07. The largest absolute Gasteiger partial charge is 0.467 e. The molecule has 0 aliphatic heterocycles. The summed E-state index contributed by atoms with van der Waals surface area (Å²) in [7, 11) is 0. The molecule has 1 aliphatic rings. The minimum atomic E-state index is 0.00667. The van der Waals surface area contributed by atoms with Crippen LogP contribution in [0.3, 0.4) is 0 Å². The topological polar surface area (TPSA) is 45.5 Å². The van der Waals surface area contributed by atoms with Crippen LogP contribution in [-0.4, -0.2) is 23.4 Å². The predicted molar refractivity (Wildman–Crippen MR) is 90.1 cm³/mol. The van der Waals surface area contributed by atoms with E-state index < -0.39 is 0 Å². The molecule has 3 rings (SSSR count). The molecule has 1 unspecified atom stereocenters. The van der Waals surface area contributed by atoms with Gasteiger partial charge in [-0.1, -0.05) is 29.8 Å². The molecule has 0 bridgehead atoms. The number of furan rings is 1. The normalized spacial score (nSPS) is 15.6. The minimum Gasteiger partial charge on any atom is -0.467 e. The molecule has 0 saturated heterocycles. The molecule has 5 heteroatoms. The van der Waals surface area contributed by atoms with Crippen LogP contribution in [0, 0.1) is 0 Å². The van der Waals surface area contributed by atoms with E-state index in [1.807, 2.05) is 36.4 Å². The zero-order chi connectivity index (χ0) is 16.2. The number of carbonyl (C=O) groups is 1. The highest BCUT2D eigenvalue weighted by atomic mass is 35.5. The minimum absolute atomic E-state index is 0.00667. The van der Waals surface area contributed by atoms with Crippen molar-refractivity contribution in [2.75, 3.05) is 6.54 Å². The monoisotopic (exact) mass is 332 g/mol. The van der Waals surface area contributed by atoms with Crippen LogP contribution in [0.2, 0.25) is 5.02 Å². The van der Waals surface area contributed by atoms with E-state index in [-0.39, 0.29) is 11.9 Å². The van der Waals surface area contributed by atoms with Crippen LogP contribution in [0.4, 0.5) is 0 Å². The Labute approximate surface area is 141 Å². The van der Waals surface area contributed by atoms with Gasteiger partial charge in [0.05, 0.1) is 19.4 Å². The van der Waals surface area contributed by atoms with Crippen molar-refractivity contribution in [3.8, 4) is 0 Å². The van der Waals surface area contributed by atoms with E-state index in [2.05, 4.69) is 17.1 Å². The zero-order valence-electron chi connectivity index (χ0n) is 13.2. The number of nitrogens with one attached hydrogen (secondary N) is 1. The molecule has 1 amide bonds. The highest BCUT2D eigenvalue weighted by molar-refractivity contribution is 6.31. The van der Waals surface area contributed by atoms with E-state index in [9.17, 15) is 4.79 Å². The molecule has 1 atom stereocenters. The van der Waals surface area contributed by atoms with Crippen molar-refractivity contribution in [2.45, 2.75) is 38.4 Å². The lowest BCUT2D eigenvalue weighted by Crippen LogP contribution is -2.39. The van der Waals surface area contributed by atoms with E-state index in [1.165, 1.54) is 0 Å². The second kappa shape index (κ2) is 7.20. The maximum Gasteiger partial charge on any atom is 0.234 e. The molecule has 4 nitrogen and oxygen atoms in total. The van der Waals surface area contributed by atoms with Gasteiger partial charge in [0.25, 0.3) is 0 Å². The number of benzene rings is 1. The summed E-state index contributed by atoms with van der Waals surface area (Å²) in [6, 6.07) is 12.1.